The van der Waals surface area contributed by atoms with Crippen molar-refractivity contribution in [2.45, 2.75) is 6.92 Å². The van der Waals surface area contributed by atoms with E-state index in [-0.39, 0.29) is 12.3 Å². The Hall–Kier alpha value is -1.82. The number of likely N-dealkylation sites (N-methyl/N-ethyl adjacent to an activating group) is 1. The van der Waals surface area contributed by atoms with E-state index in [9.17, 15) is 10.1 Å². The maximum Gasteiger partial charge on any atom is 0.273 e. The lowest BCUT2D eigenvalue weighted by Crippen LogP contribution is -2.21. The van der Waals surface area contributed by atoms with Gasteiger partial charge < -0.3 is 15.3 Å². The highest BCUT2D eigenvalue weighted by atomic mass is 16.6. The number of nitrogens with one attached hydrogen (secondary N) is 1. The first kappa shape index (κ1) is 13.2. The van der Waals surface area contributed by atoms with Crippen molar-refractivity contribution in [3.63, 3.8) is 0 Å². The Morgan fingerprint density at radius 1 is 1.47 bits per heavy atom. The second-order valence-corrected chi connectivity index (χ2v) is 3.67. The third-order valence-corrected chi connectivity index (χ3v) is 2.37. The Morgan fingerprint density at radius 3 is 2.71 bits per heavy atom. The van der Waals surface area contributed by atoms with Gasteiger partial charge in [-0.25, -0.2) is 0 Å². The highest BCUT2D eigenvalue weighted by Crippen LogP contribution is 2.26. The molecular formula is C11H17N3O3. The summed E-state index contributed by atoms with van der Waals surface area (Å²) in [5.74, 6) is 0. The molecule has 0 saturated carbocycles. The molecule has 0 saturated heterocycles. The summed E-state index contributed by atoms with van der Waals surface area (Å²) in [7, 11) is 1.78. The van der Waals surface area contributed by atoms with Crippen molar-refractivity contribution in [3.8, 4) is 0 Å². The third kappa shape index (κ3) is 3.60. The van der Waals surface area contributed by atoms with Gasteiger partial charge >= 0.3 is 0 Å². The third-order valence-electron chi connectivity index (χ3n) is 2.37. The van der Waals surface area contributed by atoms with E-state index in [0.717, 1.165) is 0 Å². The topological polar surface area (TPSA) is 78.6 Å². The maximum absolute atomic E-state index is 10.8. The summed E-state index contributed by atoms with van der Waals surface area (Å²) in [5, 5.41) is 22.7. The van der Waals surface area contributed by atoms with Gasteiger partial charge in [-0.15, -0.1) is 0 Å². The zero-order valence-electron chi connectivity index (χ0n) is 10.0. The summed E-state index contributed by atoms with van der Waals surface area (Å²) in [4.78, 5) is 12.2. The first-order valence-corrected chi connectivity index (χ1v) is 5.43. The number of benzene rings is 1. The van der Waals surface area contributed by atoms with Crippen LogP contribution in [-0.4, -0.2) is 36.8 Å². The number of nitro benzene ring substituents is 1. The zero-order valence-corrected chi connectivity index (χ0v) is 10.0. The van der Waals surface area contributed by atoms with Crippen LogP contribution in [0.2, 0.25) is 0 Å². The van der Waals surface area contributed by atoms with E-state index in [4.69, 9.17) is 5.11 Å². The van der Waals surface area contributed by atoms with Gasteiger partial charge in [0.25, 0.3) is 5.69 Å². The second-order valence-electron chi connectivity index (χ2n) is 3.67. The number of aliphatic hydroxyl groups excluding tert-OH is 1. The molecular weight excluding hydrogens is 222 g/mol. The summed E-state index contributed by atoms with van der Waals surface area (Å²) in [6.45, 7) is 3.07. The average Bonchev–Trinajstić information content (AvgIpc) is 2.29. The Labute approximate surface area is 100 Å². The number of non-ortho nitro benzene ring substituents is 1. The number of hydrogen-bond donors (Lipinski definition) is 2. The van der Waals surface area contributed by atoms with Crippen LogP contribution in [0.4, 0.5) is 17.1 Å². The van der Waals surface area contributed by atoms with Crippen LogP contribution in [0.1, 0.15) is 6.92 Å². The maximum atomic E-state index is 10.8. The number of aliphatic hydroxyl groups is 1. The molecule has 2 N–H and O–H groups in total. The fraction of sp³-hybridized carbons (Fsp3) is 0.455. The van der Waals surface area contributed by atoms with E-state index in [1.54, 1.807) is 11.9 Å². The van der Waals surface area contributed by atoms with Crippen molar-refractivity contribution < 1.29 is 10.0 Å². The van der Waals surface area contributed by atoms with Gasteiger partial charge in [0.15, 0.2) is 0 Å². The van der Waals surface area contributed by atoms with E-state index >= 15 is 0 Å². The van der Waals surface area contributed by atoms with Crippen molar-refractivity contribution in [1.82, 2.24) is 0 Å². The van der Waals surface area contributed by atoms with Gasteiger partial charge in [0.1, 0.15) is 0 Å². The van der Waals surface area contributed by atoms with Crippen molar-refractivity contribution in [1.29, 1.82) is 0 Å². The Morgan fingerprint density at radius 2 is 2.18 bits per heavy atom. The van der Waals surface area contributed by atoms with Crippen LogP contribution in [-0.2, 0) is 0 Å². The average molecular weight is 239 g/mol. The van der Waals surface area contributed by atoms with Crippen LogP contribution in [0.25, 0.3) is 0 Å². The van der Waals surface area contributed by atoms with Gasteiger partial charge in [0.05, 0.1) is 11.5 Å². The van der Waals surface area contributed by atoms with E-state index in [1.807, 2.05) is 13.0 Å². The van der Waals surface area contributed by atoms with Gasteiger partial charge in [-0.2, -0.15) is 0 Å². The molecule has 0 amide bonds. The van der Waals surface area contributed by atoms with Crippen LogP contribution in [0.3, 0.4) is 0 Å². The van der Waals surface area contributed by atoms with Crippen LogP contribution in [0.15, 0.2) is 18.2 Å². The molecule has 1 rings (SSSR count). The molecule has 0 unspecified atom stereocenters. The lowest BCUT2D eigenvalue weighted by atomic mass is 10.2. The highest BCUT2D eigenvalue weighted by molar-refractivity contribution is 5.64. The molecule has 0 heterocycles. The van der Waals surface area contributed by atoms with Crippen molar-refractivity contribution in [2.75, 3.05) is 37.0 Å². The molecule has 0 aliphatic rings. The van der Waals surface area contributed by atoms with Crippen molar-refractivity contribution in [2.24, 2.45) is 0 Å². The van der Waals surface area contributed by atoms with Crippen LogP contribution in [0.5, 0.6) is 0 Å². The van der Waals surface area contributed by atoms with Gasteiger partial charge in [-0.1, -0.05) is 0 Å². The molecule has 0 spiro atoms. The quantitative estimate of drug-likeness (QED) is 0.580. The standard InChI is InChI=1S/C11H17N3O3/c1-3-12-9-6-10(13(2)4-5-15)8-11(7-9)14(16)17/h6-8,12,15H,3-5H2,1-2H3. The van der Waals surface area contributed by atoms with E-state index in [1.165, 1.54) is 12.1 Å². The van der Waals surface area contributed by atoms with E-state index < -0.39 is 4.92 Å². The number of rotatable bonds is 6. The number of nitrogens with zero attached hydrogens (tertiary/aromatic N) is 2. The molecule has 0 aliphatic heterocycles. The Kier molecular flexibility index (Phi) is 4.71. The summed E-state index contributed by atoms with van der Waals surface area (Å²) in [6.07, 6.45) is 0. The molecule has 0 fully saturated rings. The van der Waals surface area contributed by atoms with Crippen molar-refractivity contribution >= 4 is 17.1 Å². The number of anilines is 2. The SMILES string of the molecule is CCNc1cc(N(C)CCO)cc([N+](=O)[O-])c1. The normalized spacial score (nSPS) is 10.1. The fourth-order valence-electron chi connectivity index (χ4n) is 1.51. The Bertz CT molecular complexity index is 396. The molecule has 6 nitrogen and oxygen atoms in total. The molecule has 0 atom stereocenters. The lowest BCUT2D eigenvalue weighted by Gasteiger charge is -2.18. The summed E-state index contributed by atoms with van der Waals surface area (Å²) >= 11 is 0. The smallest absolute Gasteiger partial charge is 0.273 e. The molecule has 17 heavy (non-hydrogen) atoms. The van der Waals surface area contributed by atoms with E-state index in [2.05, 4.69) is 5.32 Å². The zero-order chi connectivity index (χ0) is 12.8. The molecule has 0 aromatic heterocycles. The first-order chi connectivity index (χ1) is 8.08. The lowest BCUT2D eigenvalue weighted by molar-refractivity contribution is -0.384. The fourth-order valence-corrected chi connectivity index (χ4v) is 1.51. The largest absolute Gasteiger partial charge is 0.395 e. The minimum Gasteiger partial charge on any atom is -0.395 e. The van der Waals surface area contributed by atoms with Crippen LogP contribution >= 0.6 is 0 Å². The summed E-state index contributed by atoms with van der Waals surface area (Å²) in [6, 6.07) is 4.82. The number of hydrogen-bond acceptors (Lipinski definition) is 5. The minimum absolute atomic E-state index is 0.00965. The van der Waals surface area contributed by atoms with Crippen LogP contribution < -0.4 is 10.2 Å². The molecule has 0 radical (unpaired) electrons. The van der Waals surface area contributed by atoms with Gasteiger partial charge in [0.2, 0.25) is 0 Å². The Balaban J connectivity index is 3.07. The predicted octanol–water partition coefficient (Wildman–Crippen LogP) is 1.46. The second kappa shape index (κ2) is 6.05. The predicted molar refractivity (Wildman–Crippen MR) is 67.6 cm³/mol. The molecule has 0 aliphatic carbocycles. The number of nitro groups is 1. The molecule has 94 valence electrons. The highest BCUT2D eigenvalue weighted by Gasteiger charge is 2.11. The molecule has 1 aromatic carbocycles. The van der Waals surface area contributed by atoms with Gasteiger partial charge in [0, 0.05) is 43.6 Å². The molecule has 0 bridgehead atoms. The van der Waals surface area contributed by atoms with Crippen LogP contribution in [0, 0.1) is 10.1 Å². The molecule has 6 heteroatoms. The first-order valence-electron chi connectivity index (χ1n) is 5.43. The monoisotopic (exact) mass is 239 g/mol. The molecule has 1 aromatic rings. The summed E-state index contributed by atoms with van der Waals surface area (Å²) < 4.78 is 0. The van der Waals surface area contributed by atoms with Gasteiger partial charge in [-0.3, -0.25) is 10.1 Å². The van der Waals surface area contributed by atoms with E-state index in [0.29, 0.717) is 24.5 Å². The minimum atomic E-state index is -0.420. The van der Waals surface area contributed by atoms with Gasteiger partial charge in [-0.05, 0) is 13.0 Å². The summed E-state index contributed by atoms with van der Waals surface area (Å²) in [5.41, 5.74) is 1.47. The van der Waals surface area contributed by atoms with Crippen molar-refractivity contribution in [3.05, 3.63) is 28.3 Å².